The number of fused-ring (bicyclic) bond motifs is 1. The van der Waals surface area contributed by atoms with Crippen molar-refractivity contribution < 1.29 is 9.84 Å². The molecule has 0 saturated carbocycles. The van der Waals surface area contributed by atoms with Gasteiger partial charge in [0, 0.05) is 23.1 Å². The molecule has 0 aliphatic carbocycles. The first-order valence-electron chi connectivity index (χ1n) is 10.7. The molecule has 0 aliphatic heterocycles. The molecule has 3 aromatic carbocycles. The molecule has 1 N–H and O–H groups in total. The van der Waals surface area contributed by atoms with E-state index in [1.54, 1.807) is 43.7 Å². The van der Waals surface area contributed by atoms with Crippen molar-refractivity contribution in [3.63, 3.8) is 0 Å². The van der Waals surface area contributed by atoms with Crippen LogP contribution in [0.2, 0.25) is 0 Å². The van der Waals surface area contributed by atoms with E-state index < -0.39 is 0 Å². The average Bonchev–Trinajstić information content (AvgIpc) is 2.84. The Balaban J connectivity index is 1.81. The maximum atomic E-state index is 13.3. The van der Waals surface area contributed by atoms with Gasteiger partial charge in [0.15, 0.2) is 0 Å². The molecule has 6 nitrogen and oxygen atoms in total. The van der Waals surface area contributed by atoms with Crippen LogP contribution in [0.3, 0.4) is 0 Å². The number of benzene rings is 3. The van der Waals surface area contributed by atoms with E-state index in [1.807, 2.05) is 50.5 Å². The Kier molecular flexibility index (Phi) is 6.56. The summed E-state index contributed by atoms with van der Waals surface area (Å²) in [4.78, 5) is 20.1. The molecule has 1 atom stereocenters. The lowest BCUT2D eigenvalue weighted by Crippen LogP contribution is -2.22. The lowest BCUT2D eigenvalue weighted by Gasteiger charge is -2.23. The van der Waals surface area contributed by atoms with Crippen molar-refractivity contribution in [2.75, 3.05) is 27.7 Å². The predicted molar refractivity (Wildman–Crippen MR) is 133 cm³/mol. The second-order valence-corrected chi connectivity index (χ2v) is 8.01. The quantitative estimate of drug-likeness (QED) is 0.431. The third kappa shape index (κ3) is 4.52. The minimum absolute atomic E-state index is 0.0835. The maximum absolute atomic E-state index is 13.3. The van der Waals surface area contributed by atoms with Gasteiger partial charge in [-0.05, 0) is 37.9 Å². The van der Waals surface area contributed by atoms with E-state index in [-0.39, 0.29) is 17.5 Å². The number of aromatic hydroxyl groups is 1. The molecular formula is C27H27N3O3. The summed E-state index contributed by atoms with van der Waals surface area (Å²) >= 11 is 0. The number of hydrogen-bond acceptors (Lipinski definition) is 5. The predicted octanol–water partition coefficient (Wildman–Crippen LogP) is 4.43. The van der Waals surface area contributed by atoms with Crippen LogP contribution in [-0.2, 0) is 0 Å². The van der Waals surface area contributed by atoms with Gasteiger partial charge in [-0.1, -0.05) is 54.6 Å². The smallest absolute Gasteiger partial charge is 0.265 e. The third-order valence-corrected chi connectivity index (χ3v) is 5.72. The van der Waals surface area contributed by atoms with E-state index in [9.17, 15) is 9.90 Å². The van der Waals surface area contributed by atoms with Gasteiger partial charge in [-0.25, -0.2) is 4.57 Å². The summed E-state index contributed by atoms with van der Waals surface area (Å²) in [5, 5.41) is 12.4. The van der Waals surface area contributed by atoms with Gasteiger partial charge in [-0.15, -0.1) is 0 Å². The summed E-state index contributed by atoms with van der Waals surface area (Å²) in [6, 6.07) is 24.6. The molecule has 1 heterocycles. The van der Waals surface area contributed by atoms with Crippen molar-refractivity contribution in [2.45, 2.75) is 6.04 Å². The van der Waals surface area contributed by atoms with Crippen molar-refractivity contribution in [3.8, 4) is 17.3 Å². The summed E-state index contributed by atoms with van der Waals surface area (Å²) in [6.45, 7) is 0.503. The molecule has 4 aromatic rings. The second-order valence-electron chi connectivity index (χ2n) is 8.01. The normalized spacial score (nSPS) is 12.5. The van der Waals surface area contributed by atoms with Crippen LogP contribution >= 0.6 is 0 Å². The molecule has 0 spiro atoms. The van der Waals surface area contributed by atoms with Crippen molar-refractivity contribution in [1.82, 2.24) is 9.47 Å². The maximum Gasteiger partial charge on any atom is 0.265 e. The third-order valence-electron chi connectivity index (χ3n) is 5.72. The molecule has 0 fully saturated rings. The molecule has 0 aliphatic rings. The van der Waals surface area contributed by atoms with Gasteiger partial charge in [0.25, 0.3) is 5.56 Å². The van der Waals surface area contributed by atoms with Crippen LogP contribution in [0.4, 0.5) is 0 Å². The number of aliphatic imine (C=N–C) groups is 1. The molecule has 33 heavy (non-hydrogen) atoms. The summed E-state index contributed by atoms with van der Waals surface area (Å²) in [7, 11) is 5.60. The highest BCUT2D eigenvalue weighted by atomic mass is 16.5. The standard InChI is InChI=1S/C27H27N3O3/c1-29(2)25(19-10-5-4-6-11-19)18-28-17-24-22-14-7-8-15-23(22)26(31)30(27(24)32)20-12-9-13-21(16-20)33-3/h4-17,25,32H,18H2,1-3H3/t25-/m1/s1. The van der Waals surface area contributed by atoms with Crippen LogP contribution < -0.4 is 10.3 Å². The highest BCUT2D eigenvalue weighted by Gasteiger charge is 2.17. The van der Waals surface area contributed by atoms with Crippen molar-refractivity contribution >= 4 is 17.0 Å². The summed E-state index contributed by atoms with van der Waals surface area (Å²) in [5.74, 6) is 0.440. The van der Waals surface area contributed by atoms with E-state index >= 15 is 0 Å². The Morgan fingerprint density at radius 3 is 2.39 bits per heavy atom. The van der Waals surface area contributed by atoms with Crippen molar-refractivity contribution in [2.24, 2.45) is 4.99 Å². The summed E-state index contributed by atoms with van der Waals surface area (Å²) in [5.41, 5.74) is 1.88. The highest BCUT2D eigenvalue weighted by molar-refractivity contribution is 6.01. The number of nitrogens with zero attached hydrogens (tertiary/aromatic N) is 3. The van der Waals surface area contributed by atoms with Crippen LogP contribution in [-0.4, -0.2) is 48.5 Å². The molecule has 0 unspecified atom stereocenters. The molecule has 0 amide bonds. The Hall–Kier alpha value is -3.90. The van der Waals surface area contributed by atoms with Crippen LogP contribution in [0.15, 0.2) is 88.6 Å². The van der Waals surface area contributed by atoms with Gasteiger partial charge >= 0.3 is 0 Å². The topological polar surface area (TPSA) is 67.1 Å². The largest absolute Gasteiger partial charge is 0.497 e. The van der Waals surface area contributed by atoms with Gasteiger partial charge in [0.2, 0.25) is 5.88 Å². The number of aromatic nitrogens is 1. The zero-order valence-corrected chi connectivity index (χ0v) is 19.0. The van der Waals surface area contributed by atoms with E-state index in [0.29, 0.717) is 34.3 Å². The lowest BCUT2D eigenvalue weighted by atomic mass is 10.1. The average molecular weight is 442 g/mol. The van der Waals surface area contributed by atoms with E-state index in [2.05, 4.69) is 22.0 Å². The molecule has 0 saturated heterocycles. The fourth-order valence-corrected chi connectivity index (χ4v) is 3.96. The highest BCUT2D eigenvalue weighted by Crippen LogP contribution is 2.27. The van der Waals surface area contributed by atoms with Gasteiger partial charge in [-0.3, -0.25) is 9.79 Å². The zero-order valence-electron chi connectivity index (χ0n) is 19.0. The minimum atomic E-state index is -0.302. The summed E-state index contributed by atoms with van der Waals surface area (Å²) < 4.78 is 6.60. The Morgan fingerprint density at radius 1 is 1.00 bits per heavy atom. The van der Waals surface area contributed by atoms with Crippen molar-refractivity contribution in [1.29, 1.82) is 0 Å². The molecular weight excluding hydrogens is 414 g/mol. The van der Waals surface area contributed by atoms with Gasteiger partial charge < -0.3 is 14.7 Å². The monoisotopic (exact) mass is 441 g/mol. The Labute approximate surface area is 193 Å². The number of likely N-dealkylation sites (N-methyl/N-ethyl adjacent to an activating group) is 1. The molecule has 4 rings (SSSR count). The Morgan fingerprint density at radius 2 is 1.70 bits per heavy atom. The van der Waals surface area contributed by atoms with Crippen molar-refractivity contribution in [3.05, 3.63) is 100 Å². The number of pyridine rings is 1. The molecule has 6 heteroatoms. The minimum Gasteiger partial charge on any atom is -0.497 e. The van der Waals surface area contributed by atoms with Gasteiger partial charge in [0.1, 0.15) is 5.75 Å². The fraction of sp³-hybridized carbons (Fsp3) is 0.185. The van der Waals surface area contributed by atoms with Gasteiger partial charge in [0.05, 0.1) is 30.9 Å². The molecule has 0 radical (unpaired) electrons. The van der Waals surface area contributed by atoms with Crippen LogP contribution in [0.1, 0.15) is 17.2 Å². The first-order valence-corrected chi connectivity index (χ1v) is 10.7. The molecule has 168 valence electrons. The molecule has 1 aromatic heterocycles. The van der Waals surface area contributed by atoms with Crippen LogP contribution in [0.5, 0.6) is 11.6 Å². The molecule has 0 bridgehead atoms. The summed E-state index contributed by atoms with van der Waals surface area (Å²) in [6.07, 6.45) is 1.66. The number of hydrogen-bond donors (Lipinski definition) is 1. The van der Waals surface area contributed by atoms with E-state index in [4.69, 9.17) is 4.74 Å². The fourth-order valence-electron chi connectivity index (χ4n) is 3.96. The zero-order chi connectivity index (χ0) is 23.4. The number of methoxy groups -OCH3 is 1. The lowest BCUT2D eigenvalue weighted by molar-refractivity contribution is 0.307. The van der Waals surface area contributed by atoms with Gasteiger partial charge in [-0.2, -0.15) is 0 Å². The van der Waals surface area contributed by atoms with E-state index in [1.165, 1.54) is 4.57 Å². The van der Waals surface area contributed by atoms with Crippen LogP contribution in [0, 0.1) is 0 Å². The number of ether oxygens (including phenoxy) is 1. The SMILES string of the molecule is COc1cccc(-n2c(O)c(C=NC[C@H](c3ccccc3)N(C)C)c3ccccc3c2=O)c1. The number of rotatable bonds is 7. The first-order chi connectivity index (χ1) is 16.0. The second kappa shape index (κ2) is 9.71. The van der Waals surface area contributed by atoms with Crippen LogP contribution in [0.25, 0.3) is 16.5 Å². The van der Waals surface area contributed by atoms with E-state index in [0.717, 1.165) is 5.56 Å². The first kappa shape index (κ1) is 22.3. The Bertz CT molecular complexity index is 1340.